The van der Waals surface area contributed by atoms with Crippen LogP contribution in [0.15, 0.2) is 53.6 Å². The predicted molar refractivity (Wildman–Crippen MR) is 129 cm³/mol. The van der Waals surface area contributed by atoms with E-state index in [4.69, 9.17) is 9.47 Å². The summed E-state index contributed by atoms with van der Waals surface area (Å²) in [7, 11) is 0. The largest absolute Gasteiger partial charge is 0.486 e. The van der Waals surface area contributed by atoms with Crippen LogP contribution in [0.5, 0.6) is 11.5 Å². The summed E-state index contributed by atoms with van der Waals surface area (Å²) in [4.78, 5) is 28.4. The van der Waals surface area contributed by atoms with Gasteiger partial charge in [0.1, 0.15) is 19.8 Å². The fourth-order valence-corrected chi connectivity index (χ4v) is 5.20. The summed E-state index contributed by atoms with van der Waals surface area (Å²) in [5.41, 5.74) is 1.69. The number of hydrogen-bond acceptors (Lipinski definition) is 5. The molecule has 1 fully saturated rings. The molecule has 3 heterocycles. The average Bonchev–Trinajstić information content (AvgIpc) is 3.20. The normalized spacial score (nSPS) is 15.5. The number of rotatable bonds is 6. The van der Waals surface area contributed by atoms with Gasteiger partial charge in [-0.1, -0.05) is 18.2 Å². The van der Waals surface area contributed by atoms with Crippen molar-refractivity contribution >= 4 is 40.2 Å². The van der Waals surface area contributed by atoms with Crippen molar-refractivity contribution in [2.75, 3.05) is 37.4 Å². The first kappa shape index (κ1) is 21.7. The Morgan fingerprint density at radius 3 is 2.61 bits per heavy atom. The minimum atomic E-state index is -0.0992. The number of piperidine rings is 1. The molecule has 2 amide bonds. The maximum Gasteiger partial charge on any atom is 0.242 e. The summed E-state index contributed by atoms with van der Waals surface area (Å²) in [6, 6.07) is 13.4. The van der Waals surface area contributed by atoms with E-state index in [-0.39, 0.29) is 17.6 Å². The van der Waals surface area contributed by atoms with E-state index in [1.54, 1.807) is 6.07 Å². The molecule has 2 aromatic carbocycles. The highest BCUT2D eigenvalue weighted by atomic mass is 32.2. The lowest BCUT2D eigenvalue weighted by Crippen LogP contribution is -2.37. The molecule has 2 aliphatic heterocycles. The number of fused-ring (bicyclic) bond motifs is 2. The molecule has 0 bridgehead atoms. The van der Waals surface area contributed by atoms with E-state index in [2.05, 4.69) is 5.32 Å². The number of ether oxygens (including phenoxy) is 2. The molecule has 172 valence electrons. The second kappa shape index (κ2) is 9.79. The standard InChI is InChI=1S/C25H27N3O4S/c29-24(26-18-8-9-21-22(14-18)32-13-12-31-21)17-33-23-15-28(20-7-3-2-6-19(20)23)16-25(30)27-10-4-1-5-11-27/h2-3,6-9,14-15H,1,4-5,10-13,16-17H2,(H,26,29). The molecule has 0 atom stereocenters. The van der Waals surface area contributed by atoms with Crippen molar-refractivity contribution < 1.29 is 19.1 Å². The van der Waals surface area contributed by atoms with Gasteiger partial charge in [-0.3, -0.25) is 9.59 Å². The van der Waals surface area contributed by atoms with E-state index >= 15 is 0 Å². The van der Waals surface area contributed by atoms with Crippen LogP contribution in [-0.2, 0) is 16.1 Å². The zero-order valence-corrected chi connectivity index (χ0v) is 19.2. The Balaban J connectivity index is 1.25. The first-order chi connectivity index (χ1) is 16.2. The first-order valence-corrected chi connectivity index (χ1v) is 12.3. The van der Waals surface area contributed by atoms with Crippen LogP contribution < -0.4 is 14.8 Å². The monoisotopic (exact) mass is 465 g/mol. The van der Waals surface area contributed by atoms with Crippen LogP contribution in [-0.4, -0.2) is 53.3 Å². The van der Waals surface area contributed by atoms with Crippen molar-refractivity contribution in [1.29, 1.82) is 0 Å². The van der Waals surface area contributed by atoms with Gasteiger partial charge in [0.25, 0.3) is 0 Å². The third kappa shape index (κ3) is 4.95. The Kier molecular flexibility index (Phi) is 6.44. The highest BCUT2D eigenvalue weighted by molar-refractivity contribution is 8.00. The summed E-state index contributed by atoms with van der Waals surface area (Å²) in [5.74, 6) is 1.66. The zero-order valence-electron chi connectivity index (χ0n) is 18.4. The molecule has 3 aromatic rings. The van der Waals surface area contributed by atoms with Crippen molar-refractivity contribution in [2.45, 2.75) is 30.7 Å². The molecule has 33 heavy (non-hydrogen) atoms. The average molecular weight is 466 g/mol. The number of para-hydroxylation sites is 1. The molecular formula is C25H27N3O4S. The molecule has 2 aliphatic rings. The molecule has 5 rings (SSSR count). The van der Waals surface area contributed by atoms with Gasteiger partial charge < -0.3 is 24.3 Å². The van der Waals surface area contributed by atoms with E-state index in [1.165, 1.54) is 18.2 Å². The van der Waals surface area contributed by atoms with Gasteiger partial charge in [0.05, 0.1) is 5.75 Å². The lowest BCUT2D eigenvalue weighted by atomic mass is 10.1. The molecule has 0 spiro atoms. The molecule has 7 nitrogen and oxygen atoms in total. The molecule has 0 saturated carbocycles. The summed E-state index contributed by atoms with van der Waals surface area (Å²) >= 11 is 1.48. The van der Waals surface area contributed by atoms with E-state index < -0.39 is 0 Å². The number of benzene rings is 2. The second-order valence-electron chi connectivity index (χ2n) is 8.28. The quantitative estimate of drug-likeness (QED) is 0.554. The highest BCUT2D eigenvalue weighted by Gasteiger charge is 2.19. The SMILES string of the molecule is O=C(CSc1cn(CC(=O)N2CCCCC2)c2ccccc12)Nc1ccc2c(c1)OCCO2. The summed E-state index contributed by atoms with van der Waals surface area (Å²) in [6.45, 7) is 3.06. The van der Waals surface area contributed by atoms with Crippen molar-refractivity contribution in [1.82, 2.24) is 9.47 Å². The number of hydrogen-bond donors (Lipinski definition) is 1. The van der Waals surface area contributed by atoms with E-state index in [9.17, 15) is 9.59 Å². The molecule has 1 saturated heterocycles. The molecule has 0 radical (unpaired) electrons. The van der Waals surface area contributed by atoms with Gasteiger partial charge in [-0.15, -0.1) is 11.8 Å². The zero-order chi connectivity index (χ0) is 22.6. The fraction of sp³-hybridized carbons (Fsp3) is 0.360. The molecule has 1 N–H and O–H groups in total. The first-order valence-electron chi connectivity index (χ1n) is 11.4. The minimum Gasteiger partial charge on any atom is -0.486 e. The number of nitrogens with zero attached hydrogens (tertiary/aromatic N) is 2. The van der Waals surface area contributed by atoms with Crippen LogP contribution in [0.4, 0.5) is 5.69 Å². The lowest BCUT2D eigenvalue weighted by Gasteiger charge is -2.27. The Labute approximate surface area is 197 Å². The number of carbonyl (C=O) groups is 2. The number of amides is 2. The van der Waals surface area contributed by atoms with Gasteiger partial charge in [-0.05, 0) is 37.5 Å². The smallest absolute Gasteiger partial charge is 0.242 e. The number of thioether (sulfide) groups is 1. The Morgan fingerprint density at radius 1 is 0.970 bits per heavy atom. The summed E-state index contributed by atoms with van der Waals surface area (Å²) < 4.78 is 13.1. The maximum atomic E-state index is 12.8. The number of nitrogens with one attached hydrogen (secondary N) is 1. The molecule has 0 aliphatic carbocycles. The van der Waals surface area contributed by atoms with Crippen LogP contribution in [0.1, 0.15) is 19.3 Å². The van der Waals surface area contributed by atoms with Crippen LogP contribution in [0, 0.1) is 0 Å². The number of aromatic nitrogens is 1. The maximum absolute atomic E-state index is 12.8. The third-order valence-electron chi connectivity index (χ3n) is 5.95. The van der Waals surface area contributed by atoms with E-state index in [0.29, 0.717) is 36.9 Å². The number of likely N-dealkylation sites (tertiary alicyclic amines) is 1. The van der Waals surface area contributed by atoms with Crippen LogP contribution in [0.25, 0.3) is 10.9 Å². The summed E-state index contributed by atoms with van der Waals surface area (Å²) in [5, 5.41) is 3.99. The molecule has 0 unspecified atom stereocenters. The van der Waals surface area contributed by atoms with Crippen LogP contribution in [0.2, 0.25) is 0 Å². The van der Waals surface area contributed by atoms with E-state index in [0.717, 1.165) is 41.7 Å². The predicted octanol–water partition coefficient (Wildman–Crippen LogP) is 4.16. The van der Waals surface area contributed by atoms with Gasteiger partial charge in [-0.2, -0.15) is 0 Å². The minimum absolute atomic E-state index is 0.0992. The van der Waals surface area contributed by atoms with Gasteiger partial charge in [-0.25, -0.2) is 0 Å². The van der Waals surface area contributed by atoms with Gasteiger partial charge in [0.2, 0.25) is 11.8 Å². The van der Waals surface area contributed by atoms with Gasteiger partial charge in [0.15, 0.2) is 11.5 Å². The molecule has 8 heteroatoms. The summed E-state index contributed by atoms with van der Waals surface area (Å²) in [6.07, 6.45) is 5.36. The van der Waals surface area contributed by atoms with Crippen molar-refractivity contribution in [3.05, 3.63) is 48.7 Å². The third-order valence-corrected chi connectivity index (χ3v) is 6.99. The molecule has 1 aromatic heterocycles. The number of anilines is 1. The van der Waals surface area contributed by atoms with E-state index in [1.807, 2.05) is 52.1 Å². The highest BCUT2D eigenvalue weighted by Crippen LogP contribution is 2.33. The van der Waals surface area contributed by atoms with Crippen molar-refractivity contribution in [3.8, 4) is 11.5 Å². The topological polar surface area (TPSA) is 72.8 Å². The Morgan fingerprint density at radius 2 is 1.76 bits per heavy atom. The van der Waals surface area contributed by atoms with Gasteiger partial charge >= 0.3 is 0 Å². The second-order valence-corrected chi connectivity index (χ2v) is 9.29. The van der Waals surface area contributed by atoms with Crippen LogP contribution >= 0.6 is 11.8 Å². The molecular weight excluding hydrogens is 438 g/mol. The Bertz CT molecular complexity index is 1170. The van der Waals surface area contributed by atoms with Crippen LogP contribution in [0.3, 0.4) is 0 Å². The lowest BCUT2D eigenvalue weighted by molar-refractivity contribution is -0.132. The van der Waals surface area contributed by atoms with Crippen molar-refractivity contribution in [3.63, 3.8) is 0 Å². The number of carbonyl (C=O) groups excluding carboxylic acids is 2. The van der Waals surface area contributed by atoms with Gasteiger partial charge in [0, 0.05) is 46.8 Å². The fourth-order valence-electron chi connectivity index (χ4n) is 4.31. The van der Waals surface area contributed by atoms with Crippen molar-refractivity contribution in [2.24, 2.45) is 0 Å². The Hall–Kier alpha value is -3.13.